The summed E-state index contributed by atoms with van der Waals surface area (Å²) in [7, 11) is 0. The molecule has 0 aliphatic carbocycles. The van der Waals surface area contributed by atoms with Crippen LogP contribution in [0.4, 0.5) is 0 Å². The van der Waals surface area contributed by atoms with Crippen LogP contribution in [0.2, 0.25) is 0 Å². The lowest BCUT2D eigenvalue weighted by atomic mass is 9.91. The Morgan fingerprint density at radius 2 is 2.00 bits per heavy atom. The van der Waals surface area contributed by atoms with Crippen molar-refractivity contribution in [2.24, 2.45) is 5.92 Å². The van der Waals surface area contributed by atoms with Crippen LogP contribution >= 0.6 is 0 Å². The third kappa shape index (κ3) is 5.19. The van der Waals surface area contributed by atoms with Crippen molar-refractivity contribution >= 4 is 5.97 Å². The number of carboxylic acids is 1. The molecule has 0 atom stereocenters. The van der Waals surface area contributed by atoms with Crippen molar-refractivity contribution in [2.45, 2.75) is 52.9 Å². The summed E-state index contributed by atoms with van der Waals surface area (Å²) in [5.74, 6) is 0.0885. The quantitative estimate of drug-likeness (QED) is 0.802. The highest BCUT2D eigenvalue weighted by molar-refractivity contribution is 5.88. The van der Waals surface area contributed by atoms with E-state index < -0.39 is 5.97 Å². The zero-order valence-corrected chi connectivity index (χ0v) is 13.1. The van der Waals surface area contributed by atoms with Crippen molar-refractivity contribution < 1.29 is 14.6 Å². The molecule has 0 saturated carbocycles. The molecule has 0 unspecified atom stereocenters. The van der Waals surface area contributed by atoms with Crippen LogP contribution in [0.15, 0.2) is 12.1 Å². The van der Waals surface area contributed by atoms with Gasteiger partial charge in [0, 0.05) is 11.5 Å². The van der Waals surface area contributed by atoms with E-state index in [2.05, 4.69) is 18.8 Å². The number of pyridine rings is 1. The largest absolute Gasteiger partial charge is 0.478 e. The molecule has 0 radical (unpaired) electrons. The third-order valence-corrected chi connectivity index (χ3v) is 2.99. The van der Waals surface area contributed by atoms with Crippen LogP contribution < -0.4 is 4.74 Å². The van der Waals surface area contributed by atoms with E-state index >= 15 is 0 Å². The highest BCUT2D eigenvalue weighted by atomic mass is 16.5. The summed E-state index contributed by atoms with van der Waals surface area (Å²) in [5, 5.41) is 9.16. The molecule has 4 heteroatoms. The van der Waals surface area contributed by atoms with Gasteiger partial charge in [0.1, 0.15) is 0 Å². The third-order valence-electron chi connectivity index (χ3n) is 2.99. The summed E-state index contributed by atoms with van der Waals surface area (Å²) in [6.07, 6.45) is 2.03. The zero-order valence-electron chi connectivity index (χ0n) is 13.1. The summed E-state index contributed by atoms with van der Waals surface area (Å²) in [6.45, 7) is 10.9. The van der Waals surface area contributed by atoms with Gasteiger partial charge in [0.25, 0.3) is 0 Å². The van der Waals surface area contributed by atoms with Crippen LogP contribution in [-0.4, -0.2) is 22.7 Å². The van der Waals surface area contributed by atoms with E-state index in [1.807, 2.05) is 20.8 Å². The lowest BCUT2D eigenvalue weighted by Gasteiger charge is -2.19. The van der Waals surface area contributed by atoms with Gasteiger partial charge in [-0.1, -0.05) is 34.6 Å². The number of aromatic nitrogens is 1. The van der Waals surface area contributed by atoms with Crippen molar-refractivity contribution in [2.75, 3.05) is 6.61 Å². The van der Waals surface area contributed by atoms with Gasteiger partial charge in [0.15, 0.2) is 0 Å². The van der Waals surface area contributed by atoms with Crippen LogP contribution in [-0.2, 0) is 5.41 Å². The van der Waals surface area contributed by atoms with Gasteiger partial charge in [-0.05, 0) is 24.8 Å². The molecule has 1 rings (SSSR count). The number of hydrogen-bond donors (Lipinski definition) is 1. The molecular formula is C16H25NO3. The summed E-state index contributed by atoms with van der Waals surface area (Å²) in [5.41, 5.74) is 0.752. The average Bonchev–Trinajstić information content (AvgIpc) is 2.33. The molecule has 20 heavy (non-hydrogen) atoms. The summed E-state index contributed by atoms with van der Waals surface area (Å²) < 4.78 is 5.61. The van der Waals surface area contributed by atoms with Gasteiger partial charge in [0.05, 0.1) is 17.9 Å². The maximum Gasteiger partial charge on any atom is 0.335 e. The molecule has 1 aromatic rings. The normalized spacial score (nSPS) is 11.7. The number of hydrogen-bond acceptors (Lipinski definition) is 3. The molecule has 112 valence electrons. The van der Waals surface area contributed by atoms with Gasteiger partial charge in [-0.25, -0.2) is 9.78 Å². The van der Waals surface area contributed by atoms with E-state index in [1.54, 1.807) is 6.07 Å². The highest BCUT2D eigenvalue weighted by Gasteiger charge is 2.19. The number of carboxylic acid groups (broad SMARTS) is 1. The Hall–Kier alpha value is -1.58. The summed E-state index contributed by atoms with van der Waals surface area (Å²) in [6, 6.07) is 3.11. The van der Waals surface area contributed by atoms with Crippen molar-refractivity contribution in [3.63, 3.8) is 0 Å². The number of rotatable bonds is 6. The van der Waals surface area contributed by atoms with E-state index in [0.717, 1.165) is 18.5 Å². The first-order chi connectivity index (χ1) is 9.20. The number of ether oxygens (including phenoxy) is 1. The van der Waals surface area contributed by atoms with E-state index in [0.29, 0.717) is 18.4 Å². The Balaban J connectivity index is 2.84. The monoisotopic (exact) mass is 279 g/mol. The first-order valence-electron chi connectivity index (χ1n) is 7.09. The Morgan fingerprint density at radius 3 is 2.50 bits per heavy atom. The van der Waals surface area contributed by atoms with Gasteiger partial charge in [-0.2, -0.15) is 0 Å². The van der Waals surface area contributed by atoms with Crippen molar-refractivity contribution in [3.05, 3.63) is 23.4 Å². The van der Waals surface area contributed by atoms with Crippen LogP contribution in [0.25, 0.3) is 0 Å². The minimum absolute atomic E-state index is 0.207. The standard InChI is InChI=1S/C16H25NO3/c1-11(2)7-6-8-20-14-10-12(15(18)19)9-13(17-14)16(3,4)5/h9-11H,6-8H2,1-5H3,(H,18,19). The average molecular weight is 279 g/mol. The van der Waals surface area contributed by atoms with Gasteiger partial charge in [0.2, 0.25) is 5.88 Å². The predicted octanol–water partition coefficient (Wildman–Crippen LogP) is 3.89. The SMILES string of the molecule is CC(C)CCCOc1cc(C(=O)O)cc(C(C)(C)C)n1. The molecule has 0 aliphatic rings. The summed E-state index contributed by atoms with van der Waals surface area (Å²) >= 11 is 0. The molecule has 0 fully saturated rings. The molecule has 1 N–H and O–H groups in total. The van der Waals surface area contributed by atoms with Crippen LogP contribution in [0, 0.1) is 5.92 Å². The molecule has 0 amide bonds. The van der Waals surface area contributed by atoms with Crippen molar-refractivity contribution in [3.8, 4) is 5.88 Å². The lowest BCUT2D eigenvalue weighted by Crippen LogP contribution is -2.16. The molecule has 4 nitrogen and oxygen atoms in total. The smallest absolute Gasteiger partial charge is 0.335 e. The number of carbonyl (C=O) groups is 1. The molecule has 1 aromatic heterocycles. The van der Waals surface area contributed by atoms with Crippen molar-refractivity contribution in [1.82, 2.24) is 4.98 Å². The topological polar surface area (TPSA) is 59.4 Å². The molecule has 0 spiro atoms. The second-order valence-electron chi connectivity index (χ2n) is 6.52. The second kappa shape index (κ2) is 6.73. The van der Waals surface area contributed by atoms with Gasteiger partial charge < -0.3 is 9.84 Å². The Bertz CT molecular complexity index is 461. The molecule has 0 bridgehead atoms. The van der Waals surface area contributed by atoms with Gasteiger partial charge in [-0.15, -0.1) is 0 Å². The zero-order chi connectivity index (χ0) is 15.3. The minimum atomic E-state index is -0.954. The van der Waals surface area contributed by atoms with Gasteiger partial charge >= 0.3 is 5.97 Å². The first kappa shape index (κ1) is 16.5. The molecule has 1 heterocycles. The molecule has 0 aromatic carbocycles. The fourth-order valence-corrected chi connectivity index (χ4v) is 1.76. The van der Waals surface area contributed by atoms with Crippen LogP contribution in [0.3, 0.4) is 0 Å². The Morgan fingerprint density at radius 1 is 1.35 bits per heavy atom. The maximum atomic E-state index is 11.2. The van der Waals surface area contributed by atoms with E-state index in [4.69, 9.17) is 9.84 Å². The summed E-state index contributed by atoms with van der Waals surface area (Å²) in [4.78, 5) is 15.6. The van der Waals surface area contributed by atoms with Crippen LogP contribution in [0.5, 0.6) is 5.88 Å². The van der Waals surface area contributed by atoms with Gasteiger partial charge in [-0.3, -0.25) is 0 Å². The number of aromatic carboxylic acids is 1. The fraction of sp³-hybridized carbons (Fsp3) is 0.625. The Labute approximate surface area is 121 Å². The number of nitrogens with zero attached hydrogens (tertiary/aromatic N) is 1. The molecule has 0 aliphatic heterocycles. The van der Waals surface area contributed by atoms with E-state index in [1.165, 1.54) is 6.07 Å². The first-order valence-corrected chi connectivity index (χ1v) is 7.09. The minimum Gasteiger partial charge on any atom is -0.478 e. The van der Waals surface area contributed by atoms with E-state index in [9.17, 15) is 4.79 Å². The Kier molecular flexibility index (Phi) is 5.54. The highest BCUT2D eigenvalue weighted by Crippen LogP contribution is 2.24. The predicted molar refractivity (Wildman–Crippen MR) is 79.5 cm³/mol. The molecule has 0 saturated heterocycles. The fourth-order valence-electron chi connectivity index (χ4n) is 1.76. The maximum absolute atomic E-state index is 11.2. The second-order valence-corrected chi connectivity index (χ2v) is 6.52. The van der Waals surface area contributed by atoms with Crippen molar-refractivity contribution in [1.29, 1.82) is 0 Å². The molecular weight excluding hydrogens is 254 g/mol. The lowest BCUT2D eigenvalue weighted by molar-refractivity contribution is 0.0696. The van der Waals surface area contributed by atoms with Crippen LogP contribution in [0.1, 0.15) is 63.5 Å². The van der Waals surface area contributed by atoms with E-state index in [-0.39, 0.29) is 11.0 Å².